The van der Waals surface area contributed by atoms with E-state index >= 15 is 0 Å². The Morgan fingerprint density at radius 3 is 2.35 bits per heavy atom. The van der Waals surface area contributed by atoms with Crippen LogP contribution in [0.2, 0.25) is 0 Å². The molecule has 1 aromatic rings. The molecule has 0 unspecified atom stereocenters. The van der Waals surface area contributed by atoms with Crippen molar-refractivity contribution in [3.05, 3.63) is 29.6 Å². The fraction of sp³-hybridized carbons (Fsp3) is 0.333. The van der Waals surface area contributed by atoms with Gasteiger partial charge in [0.15, 0.2) is 17.5 Å². The molecular formula is C12H12BrF3N2O2. The highest BCUT2D eigenvalue weighted by Gasteiger charge is 2.24. The molecule has 0 aliphatic heterocycles. The van der Waals surface area contributed by atoms with Crippen LogP contribution in [0.3, 0.4) is 0 Å². The van der Waals surface area contributed by atoms with E-state index in [1.54, 1.807) is 13.8 Å². The van der Waals surface area contributed by atoms with Gasteiger partial charge in [-0.2, -0.15) is 0 Å². The van der Waals surface area contributed by atoms with Gasteiger partial charge in [0, 0.05) is 0 Å². The molecule has 0 radical (unpaired) electrons. The highest BCUT2D eigenvalue weighted by molar-refractivity contribution is 9.10. The summed E-state index contributed by atoms with van der Waals surface area (Å²) < 4.78 is 38.1. The first-order valence-electron chi connectivity index (χ1n) is 5.53. The van der Waals surface area contributed by atoms with Gasteiger partial charge in [-0.1, -0.05) is 15.9 Å². The molecule has 0 bridgehead atoms. The van der Waals surface area contributed by atoms with Crippen LogP contribution in [0, 0.1) is 17.5 Å². The summed E-state index contributed by atoms with van der Waals surface area (Å²) in [6, 6.07) is 1.58. The zero-order valence-electron chi connectivity index (χ0n) is 10.7. The van der Waals surface area contributed by atoms with Crippen molar-refractivity contribution < 1.29 is 22.8 Å². The molecule has 2 amide bonds. The number of benzene rings is 1. The Balaban J connectivity index is 2.64. The third kappa shape index (κ3) is 4.22. The smallest absolute Gasteiger partial charge is 0.243 e. The first-order valence-corrected chi connectivity index (χ1v) is 6.32. The first kappa shape index (κ1) is 16.5. The average molecular weight is 353 g/mol. The monoisotopic (exact) mass is 352 g/mol. The summed E-state index contributed by atoms with van der Waals surface area (Å²) in [6.07, 6.45) is 0. The number of nitrogens with one attached hydrogen (secondary N) is 2. The van der Waals surface area contributed by atoms with Crippen molar-refractivity contribution in [2.24, 2.45) is 0 Å². The van der Waals surface area contributed by atoms with Crippen molar-refractivity contribution in [1.82, 2.24) is 5.32 Å². The van der Waals surface area contributed by atoms with Crippen LogP contribution >= 0.6 is 15.9 Å². The number of hydrogen-bond acceptors (Lipinski definition) is 2. The SMILES string of the molecule is CC(C)(Br)C(=O)NCC(=O)Nc1ccc(F)c(F)c1F. The van der Waals surface area contributed by atoms with Crippen molar-refractivity contribution in [2.45, 2.75) is 18.2 Å². The number of amides is 2. The van der Waals surface area contributed by atoms with Crippen molar-refractivity contribution in [1.29, 1.82) is 0 Å². The number of carbonyl (C=O) groups excluding carboxylic acids is 2. The Bertz CT molecular complexity index is 544. The number of halogens is 4. The largest absolute Gasteiger partial charge is 0.346 e. The zero-order valence-corrected chi connectivity index (χ0v) is 12.3. The summed E-state index contributed by atoms with van der Waals surface area (Å²) in [4.78, 5) is 22.9. The number of rotatable bonds is 4. The molecule has 2 N–H and O–H groups in total. The molecule has 0 atom stereocenters. The highest BCUT2D eigenvalue weighted by Crippen LogP contribution is 2.19. The Labute approximate surface area is 121 Å². The van der Waals surface area contributed by atoms with E-state index in [0.717, 1.165) is 6.07 Å². The summed E-state index contributed by atoms with van der Waals surface area (Å²) in [7, 11) is 0. The Morgan fingerprint density at radius 2 is 1.80 bits per heavy atom. The van der Waals surface area contributed by atoms with Gasteiger partial charge >= 0.3 is 0 Å². The predicted molar refractivity (Wildman–Crippen MR) is 71.0 cm³/mol. The van der Waals surface area contributed by atoms with Crippen molar-refractivity contribution in [3.63, 3.8) is 0 Å². The molecule has 0 saturated heterocycles. The highest BCUT2D eigenvalue weighted by atomic mass is 79.9. The topological polar surface area (TPSA) is 58.2 Å². The van der Waals surface area contributed by atoms with E-state index in [4.69, 9.17) is 0 Å². The maximum atomic E-state index is 13.3. The minimum Gasteiger partial charge on any atom is -0.346 e. The molecule has 0 heterocycles. The Hall–Kier alpha value is -1.57. The molecule has 0 saturated carbocycles. The standard InChI is InChI=1S/C12H12BrF3N2O2/c1-12(2,13)11(20)17-5-8(19)18-7-4-3-6(14)9(15)10(7)16/h3-4H,5H2,1-2H3,(H,17,20)(H,18,19). The number of alkyl halides is 1. The molecule has 0 fully saturated rings. The third-order valence-corrected chi connectivity index (χ3v) is 2.62. The molecule has 0 aliphatic rings. The molecule has 0 aromatic heterocycles. The predicted octanol–water partition coefficient (Wildman–Crippen LogP) is 2.33. The second-order valence-electron chi connectivity index (χ2n) is 4.43. The van der Waals surface area contributed by atoms with Crippen LogP contribution < -0.4 is 10.6 Å². The zero-order chi connectivity index (χ0) is 15.5. The quantitative estimate of drug-likeness (QED) is 0.645. The van der Waals surface area contributed by atoms with Gasteiger partial charge in [0.1, 0.15) is 0 Å². The van der Waals surface area contributed by atoms with Gasteiger partial charge in [0.2, 0.25) is 11.8 Å². The molecule has 0 spiro atoms. The first-order chi connectivity index (χ1) is 9.12. The lowest BCUT2D eigenvalue weighted by molar-refractivity contribution is -0.125. The van der Waals surface area contributed by atoms with E-state index in [-0.39, 0.29) is 0 Å². The van der Waals surface area contributed by atoms with Crippen molar-refractivity contribution in [2.75, 3.05) is 11.9 Å². The summed E-state index contributed by atoms with van der Waals surface area (Å²) in [6.45, 7) is 2.73. The van der Waals surface area contributed by atoms with Crippen LogP contribution in [0.4, 0.5) is 18.9 Å². The van der Waals surface area contributed by atoms with Crippen molar-refractivity contribution in [3.8, 4) is 0 Å². The molecular weight excluding hydrogens is 341 g/mol. The van der Waals surface area contributed by atoms with E-state index in [0.29, 0.717) is 6.07 Å². The number of hydrogen-bond donors (Lipinski definition) is 2. The minimum absolute atomic E-state index is 0.424. The second-order valence-corrected chi connectivity index (χ2v) is 6.41. The average Bonchev–Trinajstić information content (AvgIpc) is 2.35. The van der Waals surface area contributed by atoms with Gasteiger partial charge in [-0.05, 0) is 26.0 Å². The lowest BCUT2D eigenvalue weighted by Gasteiger charge is -2.15. The normalized spacial score (nSPS) is 11.1. The maximum absolute atomic E-state index is 13.3. The molecule has 4 nitrogen and oxygen atoms in total. The minimum atomic E-state index is -1.67. The van der Waals surface area contributed by atoms with Crippen LogP contribution in [-0.2, 0) is 9.59 Å². The van der Waals surface area contributed by atoms with Gasteiger partial charge in [-0.15, -0.1) is 0 Å². The van der Waals surface area contributed by atoms with Crippen LogP contribution in [0.25, 0.3) is 0 Å². The molecule has 110 valence electrons. The summed E-state index contributed by atoms with van der Waals surface area (Å²) >= 11 is 3.09. The van der Waals surface area contributed by atoms with Crippen LogP contribution in [-0.4, -0.2) is 22.7 Å². The van der Waals surface area contributed by atoms with E-state index in [1.807, 2.05) is 5.32 Å². The second kappa shape index (κ2) is 6.25. The van der Waals surface area contributed by atoms with Gasteiger partial charge in [0.05, 0.1) is 16.6 Å². The molecule has 1 aromatic carbocycles. The summed E-state index contributed by atoms with van der Waals surface area (Å²) in [5, 5.41) is 4.33. The molecule has 8 heteroatoms. The maximum Gasteiger partial charge on any atom is 0.243 e. The van der Waals surface area contributed by atoms with E-state index in [2.05, 4.69) is 21.2 Å². The molecule has 1 rings (SSSR count). The van der Waals surface area contributed by atoms with E-state index in [9.17, 15) is 22.8 Å². The van der Waals surface area contributed by atoms with Gasteiger partial charge in [-0.3, -0.25) is 9.59 Å². The summed E-state index contributed by atoms with van der Waals surface area (Å²) in [5.41, 5.74) is -0.499. The van der Waals surface area contributed by atoms with Gasteiger partial charge < -0.3 is 10.6 Å². The Morgan fingerprint density at radius 1 is 1.20 bits per heavy atom. The van der Waals surface area contributed by atoms with Gasteiger partial charge in [-0.25, -0.2) is 13.2 Å². The van der Waals surface area contributed by atoms with E-state index < -0.39 is 45.8 Å². The van der Waals surface area contributed by atoms with Crippen molar-refractivity contribution >= 4 is 33.4 Å². The van der Waals surface area contributed by atoms with Crippen LogP contribution in [0.5, 0.6) is 0 Å². The lowest BCUT2D eigenvalue weighted by atomic mass is 10.2. The third-order valence-electron chi connectivity index (χ3n) is 2.26. The summed E-state index contributed by atoms with van der Waals surface area (Å²) in [5.74, 6) is -5.73. The van der Waals surface area contributed by atoms with E-state index in [1.165, 1.54) is 0 Å². The fourth-order valence-corrected chi connectivity index (χ4v) is 1.33. The lowest BCUT2D eigenvalue weighted by Crippen LogP contribution is -2.41. The fourth-order valence-electron chi connectivity index (χ4n) is 1.19. The Kier molecular flexibility index (Phi) is 5.15. The molecule has 0 aliphatic carbocycles. The van der Waals surface area contributed by atoms with Gasteiger partial charge in [0.25, 0.3) is 0 Å². The van der Waals surface area contributed by atoms with Crippen LogP contribution in [0.15, 0.2) is 12.1 Å². The number of carbonyl (C=O) groups is 2. The number of anilines is 1. The molecule has 20 heavy (non-hydrogen) atoms. The van der Waals surface area contributed by atoms with Crippen LogP contribution in [0.1, 0.15) is 13.8 Å².